The summed E-state index contributed by atoms with van der Waals surface area (Å²) in [7, 11) is 1.92. The summed E-state index contributed by atoms with van der Waals surface area (Å²) in [5, 5.41) is 2.93. The average molecular weight is 353 g/mol. The number of carbonyl (C=O) groups excluding carboxylic acids is 1. The Morgan fingerprint density at radius 3 is 2.87 bits per heavy atom. The van der Waals surface area contributed by atoms with Gasteiger partial charge in [0.25, 0.3) is 0 Å². The van der Waals surface area contributed by atoms with Crippen LogP contribution in [-0.4, -0.2) is 31.0 Å². The van der Waals surface area contributed by atoms with E-state index in [9.17, 15) is 4.79 Å². The lowest BCUT2D eigenvalue weighted by molar-refractivity contribution is -0.122. The van der Waals surface area contributed by atoms with Crippen LogP contribution in [0.15, 0.2) is 36.4 Å². The molecular formula is C17H21ClN2O2S. The SMILES string of the molecule is CCOc1cccc(CNC(=O)CN(C)Cc2ccc(Cl)s2)c1. The second-order valence-corrected chi connectivity index (χ2v) is 7.03. The molecule has 1 N–H and O–H groups in total. The summed E-state index contributed by atoms with van der Waals surface area (Å²) in [5.74, 6) is 0.822. The van der Waals surface area contributed by atoms with Gasteiger partial charge < -0.3 is 10.1 Å². The molecule has 0 saturated carbocycles. The Balaban J connectivity index is 1.77. The van der Waals surface area contributed by atoms with Crippen LogP contribution in [0, 0.1) is 0 Å². The molecule has 2 aromatic rings. The molecule has 1 aromatic heterocycles. The van der Waals surface area contributed by atoms with E-state index in [2.05, 4.69) is 5.32 Å². The summed E-state index contributed by atoms with van der Waals surface area (Å²) in [4.78, 5) is 15.1. The predicted molar refractivity (Wildman–Crippen MR) is 95.1 cm³/mol. The van der Waals surface area contributed by atoms with Crippen molar-refractivity contribution in [3.05, 3.63) is 51.2 Å². The van der Waals surface area contributed by atoms with E-state index in [4.69, 9.17) is 16.3 Å². The second kappa shape index (κ2) is 8.91. The standard InChI is InChI=1S/C17H21ClN2O2S/c1-3-22-14-6-4-5-13(9-14)10-19-17(21)12-20(2)11-15-7-8-16(18)23-15/h4-9H,3,10-12H2,1-2H3,(H,19,21). The van der Waals surface area contributed by atoms with Gasteiger partial charge in [-0.3, -0.25) is 9.69 Å². The maximum absolute atomic E-state index is 12.0. The highest BCUT2D eigenvalue weighted by Crippen LogP contribution is 2.22. The molecule has 6 heteroatoms. The van der Waals surface area contributed by atoms with Crippen LogP contribution >= 0.6 is 22.9 Å². The van der Waals surface area contributed by atoms with Crippen LogP contribution in [0.2, 0.25) is 4.34 Å². The van der Waals surface area contributed by atoms with Crippen LogP contribution in [0.1, 0.15) is 17.4 Å². The number of rotatable bonds is 8. The largest absolute Gasteiger partial charge is 0.494 e. The van der Waals surface area contributed by atoms with Gasteiger partial charge in [-0.15, -0.1) is 11.3 Å². The molecule has 4 nitrogen and oxygen atoms in total. The normalized spacial score (nSPS) is 10.8. The van der Waals surface area contributed by atoms with Gasteiger partial charge in [-0.1, -0.05) is 23.7 Å². The number of halogens is 1. The molecule has 0 bridgehead atoms. The zero-order chi connectivity index (χ0) is 16.7. The van der Waals surface area contributed by atoms with Crippen LogP contribution in [0.5, 0.6) is 5.75 Å². The first-order chi connectivity index (χ1) is 11.1. The lowest BCUT2D eigenvalue weighted by Crippen LogP contribution is -2.34. The summed E-state index contributed by atoms with van der Waals surface area (Å²) in [6, 6.07) is 11.6. The van der Waals surface area contributed by atoms with E-state index in [1.165, 1.54) is 11.3 Å². The Hall–Kier alpha value is -1.56. The van der Waals surface area contributed by atoms with Crippen molar-refractivity contribution in [2.45, 2.75) is 20.0 Å². The summed E-state index contributed by atoms with van der Waals surface area (Å²) < 4.78 is 6.23. The molecule has 0 radical (unpaired) electrons. The topological polar surface area (TPSA) is 41.6 Å². The van der Waals surface area contributed by atoms with Crippen LogP contribution in [0.4, 0.5) is 0 Å². The molecule has 0 saturated heterocycles. The molecule has 1 amide bonds. The quantitative estimate of drug-likeness (QED) is 0.790. The Morgan fingerprint density at radius 2 is 2.17 bits per heavy atom. The zero-order valence-corrected chi connectivity index (χ0v) is 14.9. The van der Waals surface area contributed by atoms with Crippen LogP contribution in [-0.2, 0) is 17.9 Å². The maximum Gasteiger partial charge on any atom is 0.234 e. The van der Waals surface area contributed by atoms with Gasteiger partial charge in [0, 0.05) is 18.0 Å². The van der Waals surface area contributed by atoms with Crippen molar-refractivity contribution in [1.82, 2.24) is 10.2 Å². The summed E-state index contributed by atoms with van der Waals surface area (Å²) >= 11 is 7.45. The molecule has 0 spiro atoms. The maximum atomic E-state index is 12.0. The van der Waals surface area contributed by atoms with Crippen molar-refractivity contribution in [2.75, 3.05) is 20.2 Å². The number of hydrogen-bond acceptors (Lipinski definition) is 4. The Labute approximate surface area is 146 Å². The van der Waals surface area contributed by atoms with Gasteiger partial charge in [0.1, 0.15) is 5.75 Å². The molecule has 1 aromatic carbocycles. The third-order valence-electron chi connectivity index (χ3n) is 3.17. The first-order valence-electron chi connectivity index (χ1n) is 7.48. The predicted octanol–water partition coefficient (Wildman–Crippen LogP) is 3.55. The molecule has 0 aliphatic rings. The van der Waals surface area contributed by atoms with E-state index in [1.807, 2.05) is 55.3 Å². The Kier molecular flexibility index (Phi) is 6.89. The summed E-state index contributed by atoms with van der Waals surface area (Å²) in [6.45, 7) is 4.14. The highest BCUT2D eigenvalue weighted by Gasteiger charge is 2.08. The molecule has 0 fully saturated rings. The monoisotopic (exact) mass is 352 g/mol. The number of hydrogen-bond donors (Lipinski definition) is 1. The molecule has 0 aliphatic heterocycles. The van der Waals surface area contributed by atoms with Gasteiger partial charge in [0.05, 0.1) is 17.5 Å². The van der Waals surface area contributed by atoms with E-state index in [-0.39, 0.29) is 5.91 Å². The van der Waals surface area contributed by atoms with Crippen molar-refractivity contribution >= 4 is 28.8 Å². The molecule has 124 valence electrons. The third-order valence-corrected chi connectivity index (χ3v) is 4.38. The highest BCUT2D eigenvalue weighted by atomic mass is 35.5. The first kappa shape index (κ1) is 17.8. The number of nitrogens with zero attached hydrogens (tertiary/aromatic N) is 1. The van der Waals surface area contributed by atoms with Crippen LogP contribution in [0.3, 0.4) is 0 Å². The summed E-state index contributed by atoms with van der Waals surface area (Å²) in [6.07, 6.45) is 0. The number of ether oxygens (including phenoxy) is 1. The van der Waals surface area contributed by atoms with E-state index >= 15 is 0 Å². The fourth-order valence-electron chi connectivity index (χ4n) is 2.17. The average Bonchev–Trinajstić information content (AvgIpc) is 2.91. The van der Waals surface area contributed by atoms with Gasteiger partial charge in [-0.05, 0) is 43.8 Å². The molecule has 0 atom stereocenters. The second-order valence-electron chi connectivity index (χ2n) is 5.24. The van der Waals surface area contributed by atoms with Crippen molar-refractivity contribution in [2.24, 2.45) is 0 Å². The van der Waals surface area contributed by atoms with Crippen molar-refractivity contribution < 1.29 is 9.53 Å². The molecule has 0 unspecified atom stereocenters. The Morgan fingerprint density at radius 1 is 1.35 bits per heavy atom. The lowest BCUT2D eigenvalue weighted by atomic mass is 10.2. The third kappa shape index (κ3) is 6.22. The fourth-order valence-corrected chi connectivity index (χ4v) is 3.34. The molecule has 0 aliphatic carbocycles. The minimum atomic E-state index is -0.00281. The van der Waals surface area contributed by atoms with E-state index in [0.29, 0.717) is 26.2 Å². The number of carbonyl (C=O) groups is 1. The van der Waals surface area contributed by atoms with E-state index in [1.54, 1.807) is 0 Å². The fraction of sp³-hybridized carbons (Fsp3) is 0.353. The molecule has 2 rings (SSSR count). The van der Waals surface area contributed by atoms with Crippen molar-refractivity contribution in [3.8, 4) is 5.75 Å². The van der Waals surface area contributed by atoms with Crippen LogP contribution < -0.4 is 10.1 Å². The zero-order valence-electron chi connectivity index (χ0n) is 13.3. The highest BCUT2D eigenvalue weighted by molar-refractivity contribution is 7.16. The number of likely N-dealkylation sites (N-methyl/N-ethyl adjacent to an activating group) is 1. The van der Waals surface area contributed by atoms with Gasteiger partial charge in [-0.25, -0.2) is 0 Å². The van der Waals surface area contributed by atoms with E-state index in [0.717, 1.165) is 20.5 Å². The van der Waals surface area contributed by atoms with Crippen LogP contribution in [0.25, 0.3) is 0 Å². The number of nitrogens with one attached hydrogen (secondary N) is 1. The number of benzene rings is 1. The lowest BCUT2D eigenvalue weighted by Gasteiger charge is -2.15. The smallest absolute Gasteiger partial charge is 0.234 e. The van der Waals surface area contributed by atoms with Gasteiger partial charge >= 0.3 is 0 Å². The first-order valence-corrected chi connectivity index (χ1v) is 8.67. The van der Waals surface area contributed by atoms with Gasteiger partial charge in [0.15, 0.2) is 0 Å². The number of thiophene rings is 1. The summed E-state index contributed by atoms with van der Waals surface area (Å²) in [5.41, 5.74) is 1.02. The van der Waals surface area contributed by atoms with Gasteiger partial charge in [0.2, 0.25) is 5.91 Å². The minimum Gasteiger partial charge on any atom is -0.494 e. The van der Waals surface area contributed by atoms with Gasteiger partial charge in [-0.2, -0.15) is 0 Å². The van der Waals surface area contributed by atoms with Crippen molar-refractivity contribution in [3.63, 3.8) is 0 Å². The molecule has 1 heterocycles. The van der Waals surface area contributed by atoms with E-state index < -0.39 is 0 Å². The Bertz CT molecular complexity index is 645. The molecular weight excluding hydrogens is 332 g/mol. The molecule has 23 heavy (non-hydrogen) atoms. The van der Waals surface area contributed by atoms with Crippen molar-refractivity contribution in [1.29, 1.82) is 0 Å². The minimum absolute atomic E-state index is 0.00281. The number of amides is 1.